The highest BCUT2D eigenvalue weighted by atomic mass is 79.9. The van der Waals surface area contributed by atoms with Gasteiger partial charge in [-0.15, -0.1) is 0 Å². The van der Waals surface area contributed by atoms with Gasteiger partial charge in [0, 0.05) is 17.5 Å². The van der Waals surface area contributed by atoms with Crippen LogP contribution in [0.25, 0.3) is 0 Å². The van der Waals surface area contributed by atoms with Crippen molar-refractivity contribution < 1.29 is 4.74 Å². The Hall–Kier alpha value is -0.250. The summed E-state index contributed by atoms with van der Waals surface area (Å²) in [6.45, 7) is 2.97. The van der Waals surface area contributed by atoms with E-state index in [1.54, 1.807) is 0 Å². The smallest absolute Gasteiger partial charge is 0.133 e. The lowest BCUT2D eigenvalue weighted by atomic mass is 10.0. The van der Waals surface area contributed by atoms with Crippen molar-refractivity contribution in [1.29, 1.82) is 0 Å². The average molecular weight is 305 g/mol. The van der Waals surface area contributed by atoms with Gasteiger partial charge in [-0.3, -0.25) is 0 Å². The molecule has 0 aliphatic carbocycles. The van der Waals surface area contributed by atoms with Crippen LogP contribution in [0.2, 0.25) is 5.02 Å². The molecule has 88 valence electrons. The number of ether oxygens (including phenoxy) is 1. The molecule has 0 saturated carbocycles. The van der Waals surface area contributed by atoms with E-state index >= 15 is 0 Å². The van der Waals surface area contributed by atoms with E-state index in [1.165, 1.54) is 12.8 Å². The topological polar surface area (TPSA) is 21.3 Å². The third kappa shape index (κ3) is 3.37. The van der Waals surface area contributed by atoms with E-state index in [2.05, 4.69) is 21.2 Å². The van der Waals surface area contributed by atoms with Gasteiger partial charge in [-0.25, -0.2) is 0 Å². The molecule has 0 radical (unpaired) electrons. The van der Waals surface area contributed by atoms with Crippen molar-refractivity contribution in [3.63, 3.8) is 0 Å². The maximum absolute atomic E-state index is 5.87. The summed E-state index contributed by atoms with van der Waals surface area (Å²) < 4.78 is 6.71. The Labute approximate surface area is 109 Å². The van der Waals surface area contributed by atoms with Crippen molar-refractivity contribution in [2.75, 3.05) is 19.7 Å². The molecule has 1 atom stereocenters. The number of halogens is 2. The quantitative estimate of drug-likeness (QED) is 0.923. The van der Waals surface area contributed by atoms with Crippen LogP contribution in [-0.4, -0.2) is 19.7 Å². The largest absolute Gasteiger partial charge is 0.492 e. The van der Waals surface area contributed by atoms with Gasteiger partial charge in [0.1, 0.15) is 5.75 Å². The number of piperidine rings is 1. The van der Waals surface area contributed by atoms with Crippen LogP contribution < -0.4 is 10.1 Å². The molecule has 16 heavy (non-hydrogen) atoms. The van der Waals surface area contributed by atoms with Crippen molar-refractivity contribution in [3.8, 4) is 5.75 Å². The highest BCUT2D eigenvalue weighted by Gasteiger charge is 2.14. The first kappa shape index (κ1) is 12.2. The Kier molecular flexibility index (Phi) is 4.50. The minimum atomic E-state index is 0.622. The maximum Gasteiger partial charge on any atom is 0.133 e. The molecule has 1 saturated heterocycles. The summed E-state index contributed by atoms with van der Waals surface area (Å²) >= 11 is 9.32. The van der Waals surface area contributed by atoms with Crippen LogP contribution >= 0.6 is 27.5 Å². The van der Waals surface area contributed by atoms with Crippen molar-refractivity contribution in [1.82, 2.24) is 5.32 Å². The monoisotopic (exact) mass is 303 g/mol. The van der Waals surface area contributed by atoms with Crippen LogP contribution in [0.3, 0.4) is 0 Å². The molecule has 0 unspecified atom stereocenters. The third-order valence-electron chi connectivity index (χ3n) is 2.77. The third-order valence-corrected chi connectivity index (χ3v) is 3.62. The lowest BCUT2D eigenvalue weighted by molar-refractivity contribution is 0.217. The van der Waals surface area contributed by atoms with Gasteiger partial charge in [-0.2, -0.15) is 0 Å². The first-order valence-corrected chi connectivity index (χ1v) is 6.71. The molecular formula is C12H15BrClNO. The van der Waals surface area contributed by atoms with Gasteiger partial charge < -0.3 is 10.1 Å². The molecule has 1 aromatic rings. The number of nitrogens with one attached hydrogen (secondary N) is 1. The highest BCUT2D eigenvalue weighted by Crippen LogP contribution is 2.28. The van der Waals surface area contributed by atoms with E-state index in [4.69, 9.17) is 16.3 Å². The molecule has 1 aliphatic heterocycles. The number of hydrogen-bond donors (Lipinski definition) is 1. The summed E-state index contributed by atoms with van der Waals surface area (Å²) in [6.07, 6.45) is 2.49. The molecular weight excluding hydrogens is 289 g/mol. The summed E-state index contributed by atoms with van der Waals surface area (Å²) in [6, 6.07) is 5.61. The predicted octanol–water partition coefficient (Wildman–Crippen LogP) is 3.48. The molecule has 0 amide bonds. The Morgan fingerprint density at radius 1 is 1.50 bits per heavy atom. The summed E-state index contributed by atoms with van der Waals surface area (Å²) in [5.41, 5.74) is 0. The van der Waals surface area contributed by atoms with Crippen LogP contribution in [0.5, 0.6) is 5.75 Å². The average Bonchev–Trinajstić information content (AvgIpc) is 2.29. The normalized spacial score (nSPS) is 20.8. The predicted molar refractivity (Wildman–Crippen MR) is 70.2 cm³/mol. The molecule has 1 N–H and O–H groups in total. The Morgan fingerprint density at radius 2 is 2.38 bits per heavy atom. The van der Waals surface area contributed by atoms with E-state index in [0.29, 0.717) is 5.92 Å². The summed E-state index contributed by atoms with van der Waals surface area (Å²) in [5, 5.41) is 4.10. The Morgan fingerprint density at radius 3 is 3.06 bits per heavy atom. The fourth-order valence-electron chi connectivity index (χ4n) is 1.87. The fraction of sp³-hybridized carbons (Fsp3) is 0.500. The molecule has 2 nitrogen and oxygen atoms in total. The zero-order chi connectivity index (χ0) is 11.4. The lowest BCUT2D eigenvalue weighted by Crippen LogP contribution is -2.33. The van der Waals surface area contributed by atoms with Crippen LogP contribution in [-0.2, 0) is 0 Å². The molecule has 1 fully saturated rings. The minimum Gasteiger partial charge on any atom is -0.492 e. The van der Waals surface area contributed by atoms with Gasteiger partial charge in [0.2, 0.25) is 0 Å². The number of rotatable bonds is 3. The molecule has 1 aromatic carbocycles. The first-order valence-electron chi connectivity index (χ1n) is 5.54. The van der Waals surface area contributed by atoms with Gasteiger partial charge >= 0.3 is 0 Å². The van der Waals surface area contributed by atoms with Crippen molar-refractivity contribution in [2.24, 2.45) is 5.92 Å². The molecule has 1 aliphatic rings. The Balaban J connectivity index is 1.88. The van der Waals surface area contributed by atoms with Crippen molar-refractivity contribution in [2.45, 2.75) is 12.8 Å². The van der Waals surface area contributed by atoms with E-state index in [1.807, 2.05) is 18.2 Å². The van der Waals surface area contributed by atoms with Crippen LogP contribution in [0, 0.1) is 5.92 Å². The van der Waals surface area contributed by atoms with E-state index in [-0.39, 0.29) is 0 Å². The van der Waals surface area contributed by atoms with Gasteiger partial charge in [-0.1, -0.05) is 11.6 Å². The standard InChI is InChI=1S/C12H15BrClNO/c13-11-6-10(14)3-4-12(11)16-8-9-2-1-5-15-7-9/h3-4,6,9,15H,1-2,5,7-8H2/t9-/m1/s1. The maximum atomic E-state index is 5.87. The van der Waals surface area contributed by atoms with Crippen LogP contribution in [0.4, 0.5) is 0 Å². The zero-order valence-corrected chi connectivity index (χ0v) is 11.4. The van der Waals surface area contributed by atoms with Gasteiger partial charge in [-0.05, 0) is 53.5 Å². The molecule has 0 aromatic heterocycles. The van der Waals surface area contributed by atoms with Gasteiger partial charge in [0.25, 0.3) is 0 Å². The summed E-state index contributed by atoms with van der Waals surface area (Å²) in [5.74, 6) is 1.49. The number of hydrogen-bond acceptors (Lipinski definition) is 2. The second kappa shape index (κ2) is 5.89. The fourth-order valence-corrected chi connectivity index (χ4v) is 2.66. The zero-order valence-electron chi connectivity index (χ0n) is 9.01. The van der Waals surface area contributed by atoms with Crippen molar-refractivity contribution in [3.05, 3.63) is 27.7 Å². The highest BCUT2D eigenvalue weighted by molar-refractivity contribution is 9.10. The summed E-state index contributed by atoms with van der Waals surface area (Å²) in [7, 11) is 0. The molecule has 2 rings (SSSR count). The summed E-state index contributed by atoms with van der Waals surface area (Å²) in [4.78, 5) is 0. The molecule has 4 heteroatoms. The minimum absolute atomic E-state index is 0.622. The number of benzene rings is 1. The van der Waals surface area contributed by atoms with Crippen LogP contribution in [0.15, 0.2) is 22.7 Å². The molecule has 0 spiro atoms. The molecule has 0 bridgehead atoms. The first-order chi connectivity index (χ1) is 7.75. The van der Waals surface area contributed by atoms with Gasteiger partial charge in [0.15, 0.2) is 0 Å². The van der Waals surface area contributed by atoms with E-state index < -0.39 is 0 Å². The van der Waals surface area contributed by atoms with Gasteiger partial charge in [0.05, 0.1) is 11.1 Å². The Bertz CT molecular complexity index is 353. The van der Waals surface area contributed by atoms with E-state index in [9.17, 15) is 0 Å². The lowest BCUT2D eigenvalue weighted by Gasteiger charge is -2.23. The van der Waals surface area contributed by atoms with E-state index in [0.717, 1.165) is 34.9 Å². The SMILES string of the molecule is Clc1ccc(OC[C@@H]2CCCNC2)c(Br)c1. The second-order valence-corrected chi connectivity index (χ2v) is 5.39. The second-order valence-electron chi connectivity index (χ2n) is 4.10. The van der Waals surface area contributed by atoms with Crippen molar-refractivity contribution >= 4 is 27.5 Å². The molecule has 1 heterocycles. The van der Waals surface area contributed by atoms with Crippen LogP contribution in [0.1, 0.15) is 12.8 Å².